The van der Waals surface area contributed by atoms with E-state index in [1.54, 1.807) is 24.3 Å². The van der Waals surface area contributed by atoms with Crippen molar-refractivity contribution in [2.45, 2.75) is 17.9 Å². The molecule has 1 amide bonds. The van der Waals surface area contributed by atoms with Gasteiger partial charge in [-0.05, 0) is 43.3 Å². The zero-order valence-electron chi connectivity index (χ0n) is 14.5. The largest absolute Gasteiger partial charge is 0.495 e. The van der Waals surface area contributed by atoms with Gasteiger partial charge in [0.25, 0.3) is 16.0 Å². The monoisotopic (exact) mass is 391 g/mol. The molecule has 2 aromatic carbocycles. The maximum absolute atomic E-state index is 12.4. The van der Waals surface area contributed by atoms with Gasteiger partial charge in [-0.2, -0.15) is 18.6 Å². The highest BCUT2D eigenvalue weighted by atomic mass is 32.2. The molecule has 0 heterocycles. The van der Waals surface area contributed by atoms with E-state index in [1.807, 2.05) is 0 Å². The zero-order chi connectivity index (χ0) is 20.0. The van der Waals surface area contributed by atoms with E-state index in [1.165, 1.54) is 26.2 Å². The van der Waals surface area contributed by atoms with E-state index < -0.39 is 27.9 Å². The molecule has 2 N–H and O–H groups in total. The third-order valence-corrected chi connectivity index (χ3v) is 4.29. The maximum Gasteiger partial charge on any atom is 0.294 e. The molecule has 2 aromatic rings. The number of carbonyl (C=O) groups is 2. The Kier molecular flexibility index (Phi) is 6.37. The summed E-state index contributed by atoms with van der Waals surface area (Å²) in [4.78, 5) is 23.8. The van der Waals surface area contributed by atoms with Crippen LogP contribution in [0.4, 0.5) is 11.4 Å². The quantitative estimate of drug-likeness (QED) is 0.423. The molecule has 1 unspecified atom stereocenters. The maximum atomic E-state index is 12.4. The summed E-state index contributed by atoms with van der Waals surface area (Å²) in [6, 6.07) is 10.1. The lowest BCUT2D eigenvalue weighted by molar-refractivity contribution is -0.126. The molecule has 0 saturated carbocycles. The number of Topliss-reactive ketones (excluding diaryl/α,β-unsaturated/α-hetero) is 1. The Morgan fingerprint density at radius 2 is 1.74 bits per heavy atom. The standard InChI is InChI=1S/C17H17N3O6S/c1-11(21)16(17(22)18-14-5-3-4-6-15(14)26-2)20-19-12-7-9-13(10-8-12)27(23,24)25/h3-10,16H,1-2H3,(H,18,22)(H,23,24,25). The van der Waals surface area contributed by atoms with Gasteiger partial charge < -0.3 is 10.1 Å². The van der Waals surface area contributed by atoms with Crippen LogP contribution in [0.15, 0.2) is 63.7 Å². The number of nitrogens with zero attached hydrogens (tertiary/aromatic N) is 2. The lowest BCUT2D eigenvalue weighted by Gasteiger charge is -2.12. The minimum Gasteiger partial charge on any atom is -0.495 e. The van der Waals surface area contributed by atoms with Gasteiger partial charge in [0.05, 0.1) is 23.4 Å². The van der Waals surface area contributed by atoms with E-state index in [2.05, 4.69) is 15.5 Å². The fourth-order valence-corrected chi connectivity index (χ4v) is 2.56. The molecular weight excluding hydrogens is 374 g/mol. The van der Waals surface area contributed by atoms with Crippen molar-refractivity contribution in [1.29, 1.82) is 0 Å². The first-order valence-corrected chi connectivity index (χ1v) is 9.09. The molecule has 0 spiro atoms. The van der Waals surface area contributed by atoms with Crippen molar-refractivity contribution in [1.82, 2.24) is 0 Å². The van der Waals surface area contributed by atoms with Crippen LogP contribution >= 0.6 is 0 Å². The summed E-state index contributed by atoms with van der Waals surface area (Å²) in [7, 11) is -2.87. The number of rotatable bonds is 7. The second kappa shape index (κ2) is 8.52. The van der Waals surface area contributed by atoms with Crippen molar-refractivity contribution >= 4 is 33.2 Å². The van der Waals surface area contributed by atoms with Crippen molar-refractivity contribution in [3.8, 4) is 5.75 Å². The first kappa shape index (κ1) is 20.2. The summed E-state index contributed by atoms with van der Waals surface area (Å²) in [5.41, 5.74) is 0.586. The van der Waals surface area contributed by atoms with E-state index in [9.17, 15) is 18.0 Å². The summed E-state index contributed by atoms with van der Waals surface area (Å²) in [6.45, 7) is 1.20. The highest BCUT2D eigenvalue weighted by Crippen LogP contribution is 2.23. The van der Waals surface area contributed by atoms with E-state index in [-0.39, 0.29) is 10.6 Å². The Bertz CT molecular complexity index is 970. The molecule has 27 heavy (non-hydrogen) atoms. The number of ketones is 1. The van der Waals surface area contributed by atoms with Crippen molar-refractivity contribution in [3.05, 3.63) is 48.5 Å². The average molecular weight is 391 g/mol. The number of hydrogen-bond acceptors (Lipinski definition) is 7. The van der Waals surface area contributed by atoms with Crippen LogP contribution in [-0.2, 0) is 19.7 Å². The van der Waals surface area contributed by atoms with E-state index in [0.717, 1.165) is 12.1 Å². The smallest absolute Gasteiger partial charge is 0.294 e. The molecule has 0 aliphatic rings. The lowest BCUT2D eigenvalue weighted by atomic mass is 10.2. The zero-order valence-corrected chi connectivity index (χ0v) is 15.3. The number of para-hydroxylation sites is 2. The van der Waals surface area contributed by atoms with E-state index >= 15 is 0 Å². The third kappa shape index (κ3) is 5.43. The number of amides is 1. The SMILES string of the molecule is COc1ccccc1NC(=O)C(N=Nc1ccc(S(=O)(=O)O)cc1)C(C)=O. The predicted octanol–water partition coefficient (Wildman–Crippen LogP) is 2.62. The number of azo groups is 1. The van der Waals surface area contributed by atoms with Crippen LogP contribution in [0.1, 0.15) is 6.92 Å². The fraction of sp³-hybridized carbons (Fsp3) is 0.176. The summed E-state index contributed by atoms with van der Waals surface area (Å²) >= 11 is 0. The average Bonchev–Trinajstić information content (AvgIpc) is 2.61. The second-order valence-electron chi connectivity index (χ2n) is 5.39. The number of nitrogens with one attached hydrogen (secondary N) is 1. The third-order valence-electron chi connectivity index (χ3n) is 3.42. The number of anilines is 1. The van der Waals surface area contributed by atoms with E-state index in [4.69, 9.17) is 9.29 Å². The van der Waals surface area contributed by atoms with Crippen LogP contribution < -0.4 is 10.1 Å². The van der Waals surface area contributed by atoms with Crippen LogP contribution in [0.25, 0.3) is 0 Å². The Hall–Kier alpha value is -3.11. The summed E-state index contributed by atoms with van der Waals surface area (Å²) in [6.07, 6.45) is 0. The molecule has 0 bridgehead atoms. The summed E-state index contributed by atoms with van der Waals surface area (Å²) in [5.74, 6) is -0.795. The van der Waals surface area contributed by atoms with Crippen molar-refractivity contribution in [3.63, 3.8) is 0 Å². The van der Waals surface area contributed by atoms with Gasteiger partial charge in [0.2, 0.25) is 6.04 Å². The molecule has 0 fully saturated rings. The molecule has 0 aliphatic carbocycles. The number of ether oxygens (including phenoxy) is 1. The minimum absolute atomic E-state index is 0.207. The Labute approximate surface area is 155 Å². The molecule has 10 heteroatoms. The molecule has 0 aliphatic heterocycles. The van der Waals surface area contributed by atoms with Gasteiger partial charge in [0.15, 0.2) is 5.78 Å². The molecular formula is C17H17N3O6S. The van der Waals surface area contributed by atoms with E-state index in [0.29, 0.717) is 11.4 Å². The highest BCUT2D eigenvalue weighted by molar-refractivity contribution is 7.85. The van der Waals surface area contributed by atoms with Crippen LogP contribution in [0.5, 0.6) is 5.75 Å². The molecule has 0 aromatic heterocycles. The van der Waals surface area contributed by atoms with Gasteiger partial charge in [0.1, 0.15) is 5.75 Å². The van der Waals surface area contributed by atoms with Crippen molar-refractivity contribution in [2.75, 3.05) is 12.4 Å². The molecule has 0 saturated heterocycles. The van der Waals surface area contributed by atoms with Crippen molar-refractivity contribution in [2.24, 2.45) is 10.2 Å². The fourth-order valence-electron chi connectivity index (χ4n) is 2.08. The Morgan fingerprint density at radius 3 is 2.30 bits per heavy atom. The lowest BCUT2D eigenvalue weighted by Crippen LogP contribution is -2.31. The van der Waals surface area contributed by atoms with Gasteiger partial charge in [-0.25, -0.2) is 0 Å². The van der Waals surface area contributed by atoms with Gasteiger partial charge in [0, 0.05) is 0 Å². The first-order valence-electron chi connectivity index (χ1n) is 7.65. The van der Waals surface area contributed by atoms with Crippen LogP contribution in [0.3, 0.4) is 0 Å². The van der Waals surface area contributed by atoms with Gasteiger partial charge in [-0.1, -0.05) is 12.1 Å². The van der Waals surface area contributed by atoms with Crippen LogP contribution in [-0.4, -0.2) is 37.8 Å². The van der Waals surface area contributed by atoms with Crippen molar-refractivity contribution < 1.29 is 27.3 Å². The normalized spacial score (nSPS) is 12.6. The Balaban J connectivity index is 2.18. The number of benzene rings is 2. The molecule has 2 rings (SSSR count). The van der Waals surface area contributed by atoms with Gasteiger partial charge >= 0.3 is 0 Å². The van der Waals surface area contributed by atoms with Crippen LogP contribution in [0, 0.1) is 0 Å². The molecule has 9 nitrogen and oxygen atoms in total. The molecule has 1 atom stereocenters. The highest BCUT2D eigenvalue weighted by Gasteiger charge is 2.24. The Morgan fingerprint density at radius 1 is 1.11 bits per heavy atom. The van der Waals surface area contributed by atoms with Gasteiger partial charge in [-0.3, -0.25) is 14.1 Å². The first-order chi connectivity index (χ1) is 12.7. The number of hydrogen-bond donors (Lipinski definition) is 2. The molecule has 142 valence electrons. The molecule has 0 radical (unpaired) electrons. The van der Waals surface area contributed by atoms with Crippen LogP contribution in [0.2, 0.25) is 0 Å². The predicted molar refractivity (Wildman–Crippen MR) is 96.9 cm³/mol. The summed E-state index contributed by atoms with van der Waals surface area (Å²) in [5, 5.41) is 10.1. The topological polar surface area (TPSA) is 134 Å². The van der Waals surface area contributed by atoms with Gasteiger partial charge in [-0.15, -0.1) is 0 Å². The number of carbonyl (C=O) groups excluding carboxylic acids is 2. The minimum atomic E-state index is -4.32. The summed E-state index contributed by atoms with van der Waals surface area (Å²) < 4.78 is 36.1. The number of methoxy groups -OCH3 is 1. The second-order valence-corrected chi connectivity index (χ2v) is 6.81.